The molecule has 0 fully saturated rings. The lowest BCUT2D eigenvalue weighted by atomic mass is 10.2. The van der Waals surface area contributed by atoms with Crippen molar-refractivity contribution in [2.45, 2.75) is 46.5 Å². The Morgan fingerprint density at radius 2 is 1.90 bits per heavy atom. The summed E-state index contributed by atoms with van der Waals surface area (Å²) in [6, 6.07) is 0. The van der Waals surface area contributed by atoms with Gasteiger partial charge in [0.2, 0.25) is 0 Å². The molecule has 0 aromatic carbocycles. The van der Waals surface area contributed by atoms with Gasteiger partial charge in [-0.3, -0.25) is 0 Å². The molecule has 0 unspecified atom stereocenters. The van der Waals surface area contributed by atoms with Gasteiger partial charge < -0.3 is 4.74 Å². The van der Waals surface area contributed by atoms with E-state index < -0.39 is 0 Å². The number of rotatable bonds is 6. The van der Waals surface area contributed by atoms with E-state index in [-0.39, 0.29) is 0 Å². The summed E-state index contributed by atoms with van der Waals surface area (Å²) >= 11 is 0. The maximum absolute atomic E-state index is 5.44. The Morgan fingerprint density at radius 3 is 2.40 bits per heavy atom. The van der Waals surface area contributed by atoms with Crippen LogP contribution in [0.1, 0.15) is 46.5 Å². The predicted molar refractivity (Wildman–Crippen MR) is 44.7 cm³/mol. The fourth-order valence-electron chi connectivity index (χ4n) is 0.815. The highest BCUT2D eigenvalue weighted by molar-refractivity contribution is 4.69. The molecule has 0 heterocycles. The van der Waals surface area contributed by atoms with Crippen LogP contribution in [0.4, 0.5) is 0 Å². The first-order valence-electron chi connectivity index (χ1n) is 4.26. The fourth-order valence-corrected chi connectivity index (χ4v) is 0.815. The zero-order valence-electron chi connectivity index (χ0n) is 7.44. The maximum atomic E-state index is 5.44. The van der Waals surface area contributed by atoms with Gasteiger partial charge in [0.05, 0.1) is 6.10 Å². The van der Waals surface area contributed by atoms with Crippen molar-refractivity contribution in [1.29, 1.82) is 0 Å². The van der Waals surface area contributed by atoms with Gasteiger partial charge >= 0.3 is 0 Å². The molecule has 0 amide bonds. The second-order valence-corrected chi connectivity index (χ2v) is 2.65. The van der Waals surface area contributed by atoms with E-state index in [1.54, 1.807) is 0 Å². The maximum Gasteiger partial charge on any atom is 0.0940 e. The number of hydrogen-bond acceptors (Lipinski definition) is 1. The van der Waals surface area contributed by atoms with E-state index in [2.05, 4.69) is 20.8 Å². The molecule has 1 radical (unpaired) electrons. The second-order valence-electron chi connectivity index (χ2n) is 2.65. The van der Waals surface area contributed by atoms with Crippen LogP contribution in [-0.4, -0.2) is 6.61 Å². The second kappa shape index (κ2) is 7.07. The van der Waals surface area contributed by atoms with Gasteiger partial charge in [-0.1, -0.05) is 26.7 Å². The van der Waals surface area contributed by atoms with E-state index in [4.69, 9.17) is 4.74 Å². The standard InChI is InChI=1S/C9H19O/c1-4-6-8-10-9(3)7-5-2/h4-8H2,1-3H3. The molecule has 0 atom stereocenters. The third kappa shape index (κ3) is 6.09. The van der Waals surface area contributed by atoms with Crippen LogP contribution in [0.3, 0.4) is 0 Å². The van der Waals surface area contributed by atoms with Gasteiger partial charge in [-0.25, -0.2) is 0 Å². The van der Waals surface area contributed by atoms with Gasteiger partial charge in [0.15, 0.2) is 0 Å². The van der Waals surface area contributed by atoms with E-state index in [1.165, 1.54) is 25.4 Å². The quantitative estimate of drug-likeness (QED) is 0.519. The summed E-state index contributed by atoms with van der Waals surface area (Å²) in [7, 11) is 0. The summed E-state index contributed by atoms with van der Waals surface area (Å²) in [5.74, 6) is 0. The van der Waals surface area contributed by atoms with Crippen molar-refractivity contribution >= 4 is 0 Å². The lowest BCUT2D eigenvalue weighted by Gasteiger charge is -2.09. The molecule has 10 heavy (non-hydrogen) atoms. The largest absolute Gasteiger partial charge is 0.372 e. The number of hydrogen-bond donors (Lipinski definition) is 0. The van der Waals surface area contributed by atoms with Crippen LogP contribution >= 0.6 is 0 Å². The Morgan fingerprint density at radius 1 is 1.20 bits per heavy atom. The van der Waals surface area contributed by atoms with Crippen LogP contribution in [0.2, 0.25) is 0 Å². The molecule has 0 aromatic rings. The van der Waals surface area contributed by atoms with Gasteiger partial charge in [0, 0.05) is 6.61 Å². The predicted octanol–water partition coefficient (Wildman–Crippen LogP) is 3.16. The van der Waals surface area contributed by atoms with Gasteiger partial charge in [0.25, 0.3) is 0 Å². The van der Waals surface area contributed by atoms with Crippen LogP contribution in [-0.2, 0) is 4.74 Å². The third-order valence-electron chi connectivity index (χ3n) is 1.45. The van der Waals surface area contributed by atoms with Crippen LogP contribution in [0, 0.1) is 6.10 Å². The van der Waals surface area contributed by atoms with Crippen molar-refractivity contribution in [3.05, 3.63) is 6.10 Å². The summed E-state index contributed by atoms with van der Waals surface area (Å²) in [4.78, 5) is 0. The molecule has 0 spiro atoms. The fraction of sp³-hybridized carbons (Fsp3) is 0.889. The summed E-state index contributed by atoms with van der Waals surface area (Å²) in [6.45, 7) is 7.33. The van der Waals surface area contributed by atoms with Crippen LogP contribution in [0.25, 0.3) is 0 Å². The normalized spacial score (nSPS) is 10.8. The molecule has 0 aromatic heterocycles. The molecule has 0 aliphatic carbocycles. The highest BCUT2D eigenvalue weighted by atomic mass is 16.5. The van der Waals surface area contributed by atoms with Crippen LogP contribution in [0.5, 0.6) is 0 Å². The summed E-state index contributed by atoms with van der Waals surface area (Å²) in [5.41, 5.74) is 0. The molecule has 0 aliphatic rings. The molecule has 0 rings (SSSR count). The Hall–Kier alpha value is -0.0400. The van der Waals surface area contributed by atoms with Crippen molar-refractivity contribution in [1.82, 2.24) is 0 Å². The van der Waals surface area contributed by atoms with E-state index in [0.29, 0.717) is 0 Å². The van der Waals surface area contributed by atoms with Crippen molar-refractivity contribution in [2.75, 3.05) is 6.61 Å². The first-order chi connectivity index (χ1) is 4.81. The average Bonchev–Trinajstić information content (AvgIpc) is 1.89. The molecule has 0 saturated carbocycles. The minimum Gasteiger partial charge on any atom is -0.372 e. The van der Waals surface area contributed by atoms with Gasteiger partial charge in [-0.05, 0) is 19.8 Å². The summed E-state index contributed by atoms with van der Waals surface area (Å²) in [6.07, 6.45) is 5.90. The van der Waals surface area contributed by atoms with Crippen molar-refractivity contribution in [2.24, 2.45) is 0 Å². The first kappa shape index (κ1) is 9.96. The molecule has 1 heteroatoms. The lowest BCUT2D eigenvalue weighted by molar-refractivity contribution is 0.138. The van der Waals surface area contributed by atoms with E-state index in [9.17, 15) is 0 Å². The van der Waals surface area contributed by atoms with E-state index in [0.717, 1.165) is 13.0 Å². The molecule has 0 bridgehead atoms. The molecular weight excluding hydrogens is 124 g/mol. The van der Waals surface area contributed by atoms with E-state index >= 15 is 0 Å². The van der Waals surface area contributed by atoms with Gasteiger partial charge in [0.1, 0.15) is 0 Å². The molecule has 0 saturated heterocycles. The molecule has 1 nitrogen and oxygen atoms in total. The van der Waals surface area contributed by atoms with Gasteiger partial charge in [-0.2, -0.15) is 0 Å². The molecular formula is C9H19O. The Balaban J connectivity index is 2.97. The number of ether oxygens (including phenoxy) is 1. The lowest BCUT2D eigenvalue weighted by Crippen LogP contribution is -1.99. The van der Waals surface area contributed by atoms with Crippen LogP contribution in [0.15, 0.2) is 0 Å². The smallest absolute Gasteiger partial charge is 0.0940 e. The van der Waals surface area contributed by atoms with E-state index in [1.807, 2.05) is 0 Å². The average molecular weight is 143 g/mol. The SMILES string of the molecule is CCCCO[C](C)CCC. The summed E-state index contributed by atoms with van der Waals surface area (Å²) < 4.78 is 5.44. The van der Waals surface area contributed by atoms with Crippen LogP contribution < -0.4 is 0 Å². The molecule has 61 valence electrons. The molecule has 0 N–H and O–H groups in total. The molecule has 0 aliphatic heterocycles. The topological polar surface area (TPSA) is 9.23 Å². The zero-order chi connectivity index (χ0) is 7.82. The van der Waals surface area contributed by atoms with Crippen molar-refractivity contribution in [3.63, 3.8) is 0 Å². The Labute approximate surface area is 64.8 Å². The minimum absolute atomic E-state index is 0.905. The van der Waals surface area contributed by atoms with Gasteiger partial charge in [-0.15, -0.1) is 0 Å². The summed E-state index contributed by atoms with van der Waals surface area (Å²) in [5, 5.41) is 0. The third-order valence-corrected chi connectivity index (χ3v) is 1.45. The first-order valence-corrected chi connectivity index (χ1v) is 4.26. The number of unbranched alkanes of at least 4 members (excludes halogenated alkanes) is 1. The zero-order valence-corrected chi connectivity index (χ0v) is 7.44. The monoisotopic (exact) mass is 143 g/mol. The Bertz CT molecular complexity index is 61.7. The highest BCUT2D eigenvalue weighted by Gasteiger charge is 1.99. The Kier molecular flexibility index (Phi) is 7.04. The van der Waals surface area contributed by atoms with Crippen molar-refractivity contribution < 1.29 is 4.74 Å². The van der Waals surface area contributed by atoms with Crippen molar-refractivity contribution in [3.8, 4) is 0 Å². The highest BCUT2D eigenvalue weighted by Crippen LogP contribution is 2.09. The minimum atomic E-state index is 0.905.